The second kappa shape index (κ2) is 6.87. The number of nitrogens with one attached hydrogen (secondary N) is 1. The van der Waals surface area contributed by atoms with E-state index in [1.54, 1.807) is 12.1 Å². The first-order valence-corrected chi connectivity index (χ1v) is 7.23. The zero-order valence-corrected chi connectivity index (χ0v) is 12.0. The van der Waals surface area contributed by atoms with Crippen LogP contribution in [0.25, 0.3) is 0 Å². The van der Waals surface area contributed by atoms with Crippen molar-refractivity contribution < 1.29 is 14.7 Å². The van der Waals surface area contributed by atoms with E-state index in [0.29, 0.717) is 24.2 Å². The van der Waals surface area contributed by atoms with E-state index < -0.39 is 11.4 Å². The van der Waals surface area contributed by atoms with Crippen LogP contribution in [0.5, 0.6) is 0 Å². The zero-order valence-electron chi connectivity index (χ0n) is 12.0. The minimum atomic E-state index is -0.664. The molecule has 0 heterocycles. The molecule has 1 saturated carbocycles. The van der Waals surface area contributed by atoms with Gasteiger partial charge in [0.2, 0.25) is 0 Å². The summed E-state index contributed by atoms with van der Waals surface area (Å²) < 4.78 is 13.9. The van der Waals surface area contributed by atoms with Crippen molar-refractivity contribution in [1.29, 1.82) is 0 Å². The molecule has 2 rings (SSSR count). The van der Waals surface area contributed by atoms with Crippen LogP contribution in [0.1, 0.15) is 43.2 Å². The molecule has 1 fully saturated rings. The quantitative estimate of drug-likeness (QED) is 0.288. The van der Waals surface area contributed by atoms with Crippen molar-refractivity contribution in [3.63, 3.8) is 0 Å². The number of nitrogens with two attached hydrogens (primary N) is 1. The highest BCUT2D eigenvalue weighted by atomic mass is 19.1. The maximum Gasteiger partial charge on any atom is 0.170 e. The molecule has 0 unspecified atom stereocenters. The summed E-state index contributed by atoms with van der Waals surface area (Å²) in [5.41, 5.74) is 5.58. The van der Waals surface area contributed by atoms with Crippen molar-refractivity contribution in [2.75, 3.05) is 6.54 Å². The van der Waals surface area contributed by atoms with Crippen LogP contribution >= 0.6 is 0 Å². The van der Waals surface area contributed by atoms with Crippen LogP contribution in [-0.2, 0) is 6.54 Å². The number of rotatable bonds is 5. The van der Waals surface area contributed by atoms with Gasteiger partial charge in [-0.25, -0.2) is 4.39 Å². The van der Waals surface area contributed by atoms with Crippen molar-refractivity contribution in [2.45, 2.75) is 44.2 Å². The van der Waals surface area contributed by atoms with E-state index in [1.165, 1.54) is 12.5 Å². The first-order chi connectivity index (χ1) is 10.0. The summed E-state index contributed by atoms with van der Waals surface area (Å²) in [6.07, 6.45) is 4.85. The molecule has 5 N–H and O–H groups in total. The molecule has 0 radical (unpaired) electrons. The molecule has 0 aliphatic heterocycles. The van der Waals surface area contributed by atoms with Gasteiger partial charge in [0.1, 0.15) is 5.82 Å². The van der Waals surface area contributed by atoms with E-state index >= 15 is 0 Å². The van der Waals surface area contributed by atoms with Gasteiger partial charge in [0.25, 0.3) is 0 Å². The predicted molar refractivity (Wildman–Crippen MR) is 78.7 cm³/mol. The summed E-state index contributed by atoms with van der Waals surface area (Å²) in [7, 11) is 0. The molecule has 0 atom stereocenters. The van der Waals surface area contributed by atoms with E-state index in [0.717, 1.165) is 25.7 Å². The Morgan fingerprint density at radius 2 is 2.05 bits per heavy atom. The molecule has 21 heavy (non-hydrogen) atoms. The second-order valence-corrected chi connectivity index (χ2v) is 5.68. The number of amidine groups is 1. The number of aliphatic hydroxyl groups is 1. The van der Waals surface area contributed by atoms with Crippen LogP contribution in [0.3, 0.4) is 0 Å². The third-order valence-corrected chi connectivity index (χ3v) is 4.01. The average molecular weight is 295 g/mol. The second-order valence-electron chi connectivity index (χ2n) is 5.68. The fourth-order valence-corrected chi connectivity index (χ4v) is 2.72. The minimum Gasteiger partial charge on any atom is -0.409 e. The number of halogens is 1. The van der Waals surface area contributed by atoms with Crippen LogP contribution in [0.2, 0.25) is 0 Å². The topological polar surface area (TPSA) is 90.9 Å². The Morgan fingerprint density at radius 3 is 2.67 bits per heavy atom. The lowest BCUT2D eigenvalue weighted by Crippen LogP contribution is -2.42. The average Bonchev–Trinajstić information content (AvgIpc) is 2.48. The maximum atomic E-state index is 13.9. The Hall–Kier alpha value is -1.66. The van der Waals surface area contributed by atoms with Crippen molar-refractivity contribution in [2.24, 2.45) is 10.9 Å². The minimum absolute atomic E-state index is 0.120. The summed E-state index contributed by atoms with van der Waals surface area (Å²) in [4.78, 5) is 0. The molecular weight excluding hydrogens is 273 g/mol. The smallest absolute Gasteiger partial charge is 0.170 e. The Labute approximate surface area is 123 Å². The largest absolute Gasteiger partial charge is 0.409 e. The third-order valence-electron chi connectivity index (χ3n) is 4.01. The summed E-state index contributed by atoms with van der Waals surface area (Å²) in [6, 6.07) is 4.44. The molecule has 5 nitrogen and oxygen atoms in total. The van der Waals surface area contributed by atoms with Gasteiger partial charge in [-0.05, 0) is 18.9 Å². The Balaban J connectivity index is 1.91. The predicted octanol–water partition coefficient (Wildman–Crippen LogP) is 1.70. The van der Waals surface area contributed by atoms with Crippen LogP contribution in [0.4, 0.5) is 4.39 Å². The monoisotopic (exact) mass is 295 g/mol. The fourth-order valence-electron chi connectivity index (χ4n) is 2.72. The highest BCUT2D eigenvalue weighted by Crippen LogP contribution is 2.27. The molecule has 116 valence electrons. The van der Waals surface area contributed by atoms with Gasteiger partial charge in [-0.3, -0.25) is 0 Å². The van der Waals surface area contributed by atoms with E-state index in [1.807, 2.05) is 0 Å². The number of benzene rings is 1. The van der Waals surface area contributed by atoms with Crippen LogP contribution in [0, 0.1) is 5.82 Å². The normalized spacial score (nSPS) is 18.7. The Bertz CT molecular complexity index is 514. The van der Waals surface area contributed by atoms with Gasteiger partial charge < -0.3 is 21.4 Å². The summed E-state index contributed by atoms with van der Waals surface area (Å²) in [5.74, 6) is -0.535. The third kappa shape index (κ3) is 4.15. The lowest BCUT2D eigenvalue weighted by Gasteiger charge is -2.32. The number of hydrogen-bond donors (Lipinski definition) is 4. The maximum absolute atomic E-state index is 13.9. The lowest BCUT2D eigenvalue weighted by atomic mass is 9.85. The van der Waals surface area contributed by atoms with Crippen molar-refractivity contribution in [1.82, 2.24) is 5.32 Å². The van der Waals surface area contributed by atoms with Gasteiger partial charge in [0.15, 0.2) is 5.84 Å². The van der Waals surface area contributed by atoms with Crippen molar-refractivity contribution in [3.8, 4) is 0 Å². The highest BCUT2D eigenvalue weighted by molar-refractivity contribution is 5.97. The van der Waals surface area contributed by atoms with Gasteiger partial charge >= 0.3 is 0 Å². The van der Waals surface area contributed by atoms with E-state index in [2.05, 4.69) is 10.5 Å². The van der Waals surface area contributed by atoms with Gasteiger partial charge in [0, 0.05) is 24.2 Å². The molecule has 0 amide bonds. The fraction of sp³-hybridized carbons (Fsp3) is 0.533. The zero-order chi connectivity index (χ0) is 15.3. The molecule has 0 spiro atoms. The highest BCUT2D eigenvalue weighted by Gasteiger charge is 2.28. The van der Waals surface area contributed by atoms with Crippen LogP contribution in [-0.4, -0.2) is 28.3 Å². The van der Waals surface area contributed by atoms with Crippen molar-refractivity contribution >= 4 is 5.84 Å². The number of oxime groups is 1. The number of hydrogen-bond acceptors (Lipinski definition) is 4. The molecular formula is C15H22FN3O2. The van der Waals surface area contributed by atoms with Crippen molar-refractivity contribution in [3.05, 3.63) is 35.1 Å². The van der Waals surface area contributed by atoms with Gasteiger partial charge in [-0.15, -0.1) is 0 Å². The molecule has 0 saturated heterocycles. The van der Waals surface area contributed by atoms with Crippen LogP contribution < -0.4 is 11.1 Å². The summed E-state index contributed by atoms with van der Waals surface area (Å²) >= 11 is 0. The van der Waals surface area contributed by atoms with Gasteiger partial charge in [-0.1, -0.05) is 36.6 Å². The lowest BCUT2D eigenvalue weighted by molar-refractivity contribution is 0.00462. The molecule has 6 heteroatoms. The van der Waals surface area contributed by atoms with E-state index in [-0.39, 0.29) is 5.84 Å². The molecule has 1 aromatic rings. The Kier molecular flexibility index (Phi) is 5.14. The first kappa shape index (κ1) is 15.7. The molecule has 1 aliphatic rings. The first-order valence-electron chi connectivity index (χ1n) is 7.23. The van der Waals surface area contributed by atoms with E-state index in [4.69, 9.17) is 10.9 Å². The molecule has 0 bridgehead atoms. The number of nitrogens with zero attached hydrogens (tertiary/aromatic N) is 1. The van der Waals surface area contributed by atoms with E-state index in [9.17, 15) is 9.50 Å². The summed E-state index contributed by atoms with van der Waals surface area (Å²) in [6.45, 7) is 0.805. The molecule has 1 aliphatic carbocycles. The SMILES string of the molecule is NC(=NO)c1ccc(CNCC2(O)CCCCC2)c(F)c1. The molecule has 1 aromatic carbocycles. The standard InChI is InChI=1S/C15H22FN3O2/c16-13-8-11(14(17)19-21)4-5-12(13)9-18-10-15(20)6-2-1-3-7-15/h4-5,8,18,20-21H,1-3,6-7,9-10H2,(H2,17,19). The van der Waals surface area contributed by atoms with Crippen LogP contribution in [0.15, 0.2) is 23.4 Å². The van der Waals surface area contributed by atoms with Gasteiger partial charge in [0.05, 0.1) is 5.60 Å². The molecule has 0 aromatic heterocycles. The summed E-state index contributed by atoms with van der Waals surface area (Å²) in [5, 5.41) is 24.9. The Morgan fingerprint density at radius 1 is 1.33 bits per heavy atom. The van der Waals surface area contributed by atoms with Gasteiger partial charge in [-0.2, -0.15) is 0 Å².